The number of likely N-dealkylation sites (N-methyl/N-ethyl adjacent to an activating group) is 1. The first-order valence-corrected chi connectivity index (χ1v) is 8.57. The van der Waals surface area contributed by atoms with Crippen molar-refractivity contribution in [2.75, 3.05) is 45.9 Å². The number of quaternary nitrogens is 3. The Balaban J connectivity index is 1.77. The number of benzene rings is 1. The zero-order chi connectivity index (χ0) is 14.7. The van der Waals surface area contributed by atoms with E-state index < -0.39 is 0 Å². The van der Waals surface area contributed by atoms with Gasteiger partial charge in [0.1, 0.15) is 45.0 Å². The van der Waals surface area contributed by atoms with Crippen molar-refractivity contribution in [1.29, 1.82) is 0 Å². The number of piperazine rings is 1. The highest BCUT2D eigenvalue weighted by atomic mass is 16.5. The lowest BCUT2D eigenvalue weighted by atomic mass is 9.94. The van der Waals surface area contributed by atoms with Crippen LogP contribution in [-0.2, 0) is 6.54 Å². The van der Waals surface area contributed by atoms with Crippen LogP contribution in [-0.4, -0.2) is 45.9 Å². The van der Waals surface area contributed by atoms with Crippen LogP contribution in [0, 0.1) is 0 Å². The van der Waals surface area contributed by atoms with Crippen molar-refractivity contribution in [2.45, 2.75) is 26.4 Å². The van der Waals surface area contributed by atoms with Crippen LogP contribution in [0.4, 0.5) is 0 Å². The van der Waals surface area contributed by atoms with Gasteiger partial charge in [-0.15, -0.1) is 0 Å². The Morgan fingerprint density at radius 3 is 2.71 bits per heavy atom. The minimum Gasteiger partial charge on any atom is -0.494 e. The van der Waals surface area contributed by atoms with Gasteiger partial charge < -0.3 is 19.9 Å². The molecule has 116 valence electrons. The second kappa shape index (κ2) is 6.77. The number of ether oxygens (including phenoxy) is 1. The van der Waals surface area contributed by atoms with E-state index in [2.05, 4.69) is 37.4 Å². The molecular weight excluding hydrogens is 262 g/mol. The second-order valence-corrected chi connectivity index (χ2v) is 6.34. The standard InChI is InChI=1S/C17H27N3O/c1-3-19-7-9-20(10-8-19)17-13-18-12-14-5-6-15(21-4-2)11-16(14)17/h5-6,11,17-18H,3-4,7-10,12-13H2,1-2H3/p+3/t17-/m1/s1. The summed E-state index contributed by atoms with van der Waals surface area (Å²) in [6.07, 6.45) is 0. The van der Waals surface area contributed by atoms with E-state index in [0.29, 0.717) is 6.04 Å². The first-order valence-electron chi connectivity index (χ1n) is 8.57. The lowest BCUT2D eigenvalue weighted by Gasteiger charge is -2.35. The molecule has 0 amide bonds. The fraction of sp³-hybridized carbons (Fsp3) is 0.647. The van der Waals surface area contributed by atoms with Gasteiger partial charge in [-0.05, 0) is 32.0 Å². The van der Waals surface area contributed by atoms with Crippen molar-refractivity contribution in [3.05, 3.63) is 29.3 Å². The molecule has 0 aliphatic carbocycles. The highest BCUT2D eigenvalue weighted by Gasteiger charge is 2.35. The summed E-state index contributed by atoms with van der Waals surface area (Å²) in [5, 5.41) is 2.47. The summed E-state index contributed by atoms with van der Waals surface area (Å²) in [6.45, 7) is 14.0. The van der Waals surface area contributed by atoms with Crippen LogP contribution in [0.3, 0.4) is 0 Å². The minimum absolute atomic E-state index is 0.646. The normalized spacial score (nSPS) is 29.0. The molecule has 0 unspecified atom stereocenters. The molecule has 1 saturated heterocycles. The maximum atomic E-state index is 5.72. The van der Waals surface area contributed by atoms with E-state index in [9.17, 15) is 0 Å². The van der Waals surface area contributed by atoms with Crippen molar-refractivity contribution >= 4 is 0 Å². The highest BCUT2D eigenvalue weighted by molar-refractivity contribution is 5.37. The maximum Gasteiger partial charge on any atom is 0.164 e. The molecule has 2 aliphatic rings. The first kappa shape index (κ1) is 14.8. The fourth-order valence-corrected chi connectivity index (χ4v) is 3.89. The van der Waals surface area contributed by atoms with E-state index >= 15 is 0 Å². The van der Waals surface area contributed by atoms with Crippen molar-refractivity contribution in [3.63, 3.8) is 0 Å². The summed E-state index contributed by atoms with van der Waals surface area (Å²) in [5.41, 5.74) is 3.05. The summed E-state index contributed by atoms with van der Waals surface area (Å²) in [6, 6.07) is 7.36. The first-order chi connectivity index (χ1) is 10.3. The Kier molecular flexibility index (Phi) is 4.78. The fourth-order valence-electron chi connectivity index (χ4n) is 3.89. The summed E-state index contributed by atoms with van der Waals surface area (Å²) >= 11 is 0. The van der Waals surface area contributed by atoms with E-state index in [1.165, 1.54) is 44.8 Å². The Morgan fingerprint density at radius 1 is 1.19 bits per heavy atom. The van der Waals surface area contributed by atoms with Gasteiger partial charge in [-0.25, -0.2) is 0 Å². The predicted molar refractivity (Wildman–Crippen MR) is 82.8 cm³/mol. The zero-order valence-corrected chi connectivity index (χ0v) is 13.5. The molecule has 1 aromatic rings. The lowest BCUT2D eigenvalue weighted by Crippen LogP contribution is -3.28. The number of hydrogen-bond donors (Lipinski definition) is 3. The van der Waals surface area contributed by atoms with Crippen LogP contribution >= 0.6 is 0 Å². The van der Waals surface area contributed by atoms with Gasteiger partial charge in [-0.1, -0.05) is 0 Å². The summed E-state index contributed by atoms with van der Waals surface area (Å²) in [5.74, 6) is 1.04. The van der Waals surface area contributed by atoms with Gasteiger partial charge in [-0.2, -0.15) is 0 Å². The van der Waals surface area contributed by atoms with E-state index in [0.717, 1.165) is 18.9 Å². The number of hydrogen-bond acceptors (Lipinski definition) is 1. The van der Waals surface area contributed by atoms with Crippen LogP contribution in [0.1, 0.15) is 31.0 Å². The van der Waals surface area contributed by atoms with Crippen molar-refractivity contribution < 1.29 is 19.9 Å². The van der Waals surface area contributed by atoms with Gasteiger partial charge in [0.25, 0.3) is 0 Å². The molecule has 4 heteroatoms. The van der Waals surface area contributed by atoms with Gasteiger partial charge in [0.2, 0.25) is 0 Å². The van der Waals surface area contributed by atoms with Crippen LogP contribution in [0.15, 0.2) is 18.2 Å². The Bertz CT molecular complexity index is 469. The quantitative estimate of drug-likeness (QED) is 0.590. The van der Waals surface area contributed by atoms with Crippen LogP contribution < -0.4 is 19.9 Å². The largest absolute Gasteiger partial charge is 0.494 e. The topological polar surface area (TPSA) is 34.7 Å². The molecule has 4 nitrogen and oxygen atoms in total. The minimum atomic E-state index is 0.646. The van der Waals surface area contributed by atoms with Gasteiger partial charge in [-0.3, -0.25) is 0 Å². The Hall–Kier alpha value is -1.10. The molecule has 2 heterocycles. The third kappa shape index (κ3) is 3.23. The number of rotatable bonds is 4. The monoisotopic (exact) mass is 292 g/mol. The zero-order valence-electron chi connectivity index (χ0n) is 13.5. The molecule has 0 aromatic heterocycles. The molecule has 0 radical (unpaired) electrons. The smallest absolute Gasteiger partial charge is 0.164 e. The average molecular weight is 292 g/mol. The molecule has 4 N–H and O–H groups in total. The van der Waals surface area contributed by atoms with Crippen LogP contribution in [0.5, 0.6) is 5.75 Å². The molecule has 0 bridgehead atoms. The number of nitrogens with two attached hydrogens (primary N) is 1. The van der Waals surface area contributed by atoms with Gasteiger partial charge in [0.15, 0.2) is 6.04 Å². The van der Waals surface area contributed by atoms with Crippen molar-refractivity contribution in [2.24, 2.45) is 0 Å². The Labute approximate surface area is 128 Å². The molecule has 1 atom stereocenters. The molecule has 21 heavy (non-hydrogen) atoms. The van der Waals surface area contributed by atoms with Gasteiger partial charge in [0, 0.05) is 11.1 Å². The second-order valence-electron chi connectivity index (χ2n) is 6.34. The molecule has 0 spiro atoms. The third-order valence-corrected chi connectivity index (χ3v) is 5.16. The van der Waals surface area contributed by atoms with Gasteiger partial charge >= 0.3 is 0 Å². The third-order valence-electron chi connectivity index (χ3n) is 5.16. The Morgan fingerprint density at radius 2 is 2.00 bits per heavy atom. The molecule has 1 aromatic carbocycles. The molecule has 2 aliphatic heterocycles. The predicted octanol–water partition coefficient (Wildman–Crippen LogP) is -1.99. The summed E-state index contributed by atoms with van der Waals surface area (Å²) in [7, 11) is 0. The molecule has 3 rings (SSSR count). The van der Waals surface area contributed by atoms with Crippen molar-refractivity contribution in [3.8, 4) is 5.75 Å². The highest BCUT2D eigenvalue weighted by Crippen LogP contribution is 2.23. The summed E-state index contributed by atoms with van der Waals surface area (Å²) < 4.78 is 5.72. The van der Waals surface area contributed by atoms with Crippen LogP contribution in [0.2, 0.25) is 0 Å². The maximum absolute atomic E-state index is 5.72. The summed E-state index contributed by atoms with van der Waals surface area (Å²) in [4.78, 5) is 3.54. The molecule has 1 fully saturated rings. The van der Waals surface area contributed by atoms with E-state index in [1.807, 2.05) is 0 Å². The van der Waals surface area contributed by atoms with E-state index in [1.54, 1.807) is 15.4 Å². The lowest BCUT2D eigenvalue weighted by molar-refractivity contribution is -1.03. The van der Waals surface area contributed by atoms with E-state index in [-0.39, 0.29) is 0 Å². The van der Waals surface area contributed by atoms with Crippen LogP contribution in [0.25, 0.3) is 0 Å². The van der Waals surface area contributed by atoms with Gasteiger partial charge in [0.05, 0.1) is 13.2 Å². The molecule has 0 saturated carbocycles. The average Bonchev–Trinajstić information content (AvgIpc) is 2.55. The van der Waals surface area contributed by atoms with Crippen molar-refractivity contribution in [1.82, 2.24) is 0 Å². The SMILES string of the molecule is CCOc1ccc2c(c1)[C@H]([NH+]1CC[NH+](CC)CC1)C[NH2+]C2. The number of nitrogens with one attached hydrogen (secondary N) is 2. The number of fused-ring (bicyclic) bond motifs is 1. The molecular formula is C17H30N3O+3. The van der Waals surface area contributed by atoms with E-state index in [4.69, 9.17) is 4.74 Å².